The fourth-order valence-corrected chi connectivity index (χ4v) is 1.44. The highest BCUT2D eigenvalue weighted by Crippen LogP contribution is 1.97. The van der Waals surface area contributed by atoms with Gasteiger partial charge in [0.15, 0.2) is 6.67 Å². The van der Waals surface area contributed by atoms with Crippen molar-refractivity contribution in [2.24, 2.45) is 0 Å². The third kappa shape index (κ3) is 10.6. The summed E-state index contributed by atoms with van der Waals surface area (Å²) in [6, 6.07) is 0. The Balaban J connectivity index is 0. The minimum Gasteiger partial charge on any atom is -1.00 e. The van der Waals surface area contributed by atoms with Crippen LogP contribution in [0.3, 0.4) is 0 Å². The maximum absolute atomic E-state index is 11.3. The summed E-state index contributed by atoms with van der Waals surface area (Å²) in [5.41, 5.74) is 0.521. The third-order valence-corrected chi connectivity index (χ3v) is 2.61. The Bertz CT molecular complexity index is 365. The van der Waals surface area contributed by atoms with Crippen molar-refractivity contribution in [2.75, 3.05) is 33.9 Å². The molecule has 116 valence electrons. The molecule has 0 radical (unpaired) electrons. The number of amides is 2. The van der Waals surface area contributed by atoms with Crippen LogP contribution in [0.5, 0.6) is 0 Å². The quantitative estimate of drug-likeness (QED) is 0.231. The number of nitrogens with one attached hydrogen (secondary N) is 2. The van der Waals surface area contributed by atoms with Crippen molar-refractivity contribution >= 4 is 11.8 Å². The first-order chi connectivity index (χ1) is 8.78. The average molecular weight is 304 g/mol. The maximum atomic E-state index is 11.3. The van der Waals surface area contributed by atoms with E-state index in [1.165, 1.54) is 6.08 Å². The van der Waals surface area contributed by atoms with Crippen molar-refractivity contribution in [3.05, 3.63) is 24.3 Å². The van der Waals surface area contributed by atoms with Crippen molar-refractivity contribution < 1.29 is 26.5 Å². The first-order valence-electron chi connectivity index (χ1n) is 6.45. The van der Waals surface area contributed by atoms with Gasteiger partial charge in [-0.15, -0.1) is 0 Å². The van der Waals surface area contributed by atoms with Gasteiger partial charge in [0.1, 0.15) is 0 Å². The maximum Gasteiger partial charge on any atom is 0.247 e. The van der Waals surface area contributed by atoms with E-state index in [4.69, 9.17) is 0 Å². The van der Waals surface area contributed by atoms with E-state index in [9.17, 15) is 9.59 Å². The number of allylic oxidation sites excluding steroid dienone is 1. The van der Waals surface area contributed by atoms with Crippen LogP contribution in [0.15, 0.2) is 24.3 Å². The van der Waals surface area contributed by atoms with E-state index in [0.29, 0.717) is 23.3 Å². The first kappa shape index (κ1) is 21.0. The van der Waals surface area contributed by atoms with E-state index in [1.54, 1.807) is 13.0 Å². The van der Waals surface area contributed by atoms with Gasteiger partial charge in [-0.25, -0.2) is 0 Å². The summed E-state index contributed by atoms with van der Waals surface area (Å²) in [5.74, 6) is -0.184. The van der Waals surface area contributed by atoms with E-state index in [0.717, 1.165) is 13.0 Å². The summed E-state index contributed by atoms with van der Waals surface area (Å²) >= 11 is 0. The van der Waals surface area contributed by atoms with Gasteiger partial charge in [0.2, 0.25) is 11.8 Å². The fourth-order valence-electron chi connectivity index (χ4n) is 1.44. The first-order valence-corrected chi connectivity index (χ1v) is 6.45. The lowest BCUT2D eigenvalue weighted by molar-refractivity contribution is -0.892. The second-order valence-electron chi connectivity index (χ2n) is 5.25. The Morgan fingerprint density at radius 1 is 1.25 bits per heavy atom. The van der Waals surface area contributed by atoms with Gasteiger partial charge in [0.25, 0.3) is 0 Å². The zero-order valence-electron chi connectivity index (χ0n) is 12.8. The second-order valence-corrected chi connectivity index (χ2v) is 5.25. The molecule has 5 nitrogen and oxygen atoms in total. The molecule has 0 aliphatic carbocycles. The normalized spacial score (nSPS) is 10.8. The molecule has 6 heteroatoms. The molecule has 0 bridgehead atoms. The molecule has 2 amide bonds. The van der Waals surface area contributed by atoms with Crippen LogP contribution in [0.2, 0.25) is 0 Å². The van der Waals surface area contributed by atoms with Crippen molar-refractivity contribution in [1.82, 2.24) is 10.6 Å². The van der Waals surface area contributed by atoms with Gasteiger partial charge < -0.3 is 27.5 Å². The van der Waals surface area contributed by atoms with Crippen LogP contribution in [0.4, 0.5) is 0 Å². The van der Waals surface area contributed by atoms with E-state index in [1.807, 2.05) is 21.0 Å². The SMILES string of the molecule is C=C(C)C(=O)NCCC[N+](C)(C)CNC(=O)C=CC.[Cl-]. The second kappa shape index (κ2) is 10.5. The highest BCUT2D eigenvalue weighted by atomic mass is 35.5. The van der Waals surface area contributed by atoms with Crippen LogP contribution in [0, 0.1) is 0 Å². The molecule has 0 unspecified atom stereocenters. The zero-order valence-corrected chi connectivity index (χ0v) is 13.6. The lowest BCUT2D eigenvalue weighted by Crippen LogP contribution is -3.00. The summed E-state index contributed by atoms with van der Waals surface area (Å²) in [6.45, 7) is 9.13. The molecule has 0 atom stereocenters. The van der Waals surface area contributed by atoms with Gasteiger partial charge >= 0.3 is 0 Å². The number of hydrogen-bond acceptors (Lipinski definition) is 2. The number of hydrogen-bond donors (Lipinski definition) is 2. The fraction of sp³-hybridized carbons (Fsp3) is 0.571. The molecule has 0 aliphatic heterocycles. The number of nitrogens with zero attached hydrogens (tertiary/aromatic N) is 1. The van der Waals surface area contributed by atoms with E-state index < -0.39 is 0 Å². The predicted octanol–water partition coefficient (Wildman–Crippen LogP) is -2.20. The number of quaternary nitrogens is 1. The van der Waals surface area contributed by atoms with Gasteiger partial charge in [0, 0.05) is 18.5 Å². The van der Waals surface area contributed by atoms with Crippen LogP contribution in [0.1, 0.15) is 20.3 Å². The highest BCUT2D eigenvalue weighted by Gasteiger charge is 2.15. The molecule has 0 spiro atoms. The standard InChI is InChI=1S/C14H25N3O2.ClH/c1-6-8-13(18)16-11-17(4,5)10-7-9-15-14(19)12(2)3;/h6,8H,2,7,9-11H2,1,3-5H3,(H-,15,16,18,19);1H. The average Bonchev–Trinajstić information content (AvgIpc) is 2.32. The Hall–Kier alpha value is -1.33. The van der Waals surface area contributed by atoms with Crippen LogP contribution in [0.25, 0.3) is 0 Å². The van der Waals surface area contributed by atoms with E-state index in [2.05, 4.69) is 17.2 Å². The summed E-state index contributed by atoms with van der Waals surface area (Å²) in [4.78, 5) is 22.6. The zero-order chi connectivity index (χ0) is 14.9. The van der Waals surface area contributed by atoms with Crippen LogP contribution < -0.4 is 23.0 Å². The smallest absolute Gasteiger partial charge is 0.247 e. The van der Waals surface area contributed by atoms with E-state index in [-0.39, 0.29) is 24.2 Å². The highest BCUT2D eigenvalue weighted by molar-refractivity contribution is 5.92. The molecule has 20 heavy (non-hydrogen) atoms. The Morgan fingerprint density at radius 3 is 2.35 bits per heavy atom. The van der Waals surface area contributed by atoms with Crippen molar-refractivity contribution in [3.63, 3.8) is 0 Å². The number of carbonyl (C=O) groups excluding carboxylic acids is 2. The van der Waals surface area contributed by atoms with Crippen molar-refractivity contribution in [2.45, 2.75) is 20.3 Å². The molecule has 0 saturated carbocycles. The number of halogens is 1. The Labute approximate surface area is 128 Å². The minimum atomic E-state index is -0.105. The van der Waals surface area contributed by atoms with Crippen LogP contribution in [-0.2, 0) is 9.59 Å². The number of carbonyl (C=O) groups is 2. The monoisotopic (exact) mass is 303 g/mol. The van der Waals surface area contributed by atoms with Crippen molar-refractivity contribution in [3.8, 4) is 0 Å². The summed E-state index contributed by atoms with van der Waals surface area (Å²) in [6.07, 6.45) is 4.07. The van der Waals surface area contributed by atoms with Crippen molar-refractivity contribution in [1.29, 1.82) is 0 Å². The van der Waals surface area contributed by atoms with E-state index >= 15 is 0 Å². The molecule has 0 rings (SSSR count). The van der Waals surface area contributed by atoms with Gasteiger partial charge in [-0.3, -0.25) is 9.59 Å². The lowest BCUT2D eigenvalue weighted by Gasteiger charge is -2.29. The molecular weight excluding hydrogens is 278 g/mol. The molecule has 0 aromatic carbocycles. The summed E-state index contributed by atoms with van der Waals surface area (Å²) in [7, 11) is 4.08. The number of rotatable bonds is 8. The van der Waals surface area contributed by atoms with Gasteiger partial charge in [-0.1, -0.05) is 12.7 Å². The largest absolute Gasteiger partial charge is 1.00 e. The third-order valence-electron chi connectivity index (χ3n) is 2.61. The van der Waals surface area contributed by atoms with Crippen LogP contribution >= 0.6 is 0 Å². The molecule has 0 heterocycles. The molecule has 2 N–H and O–H groups in total. The molecule has 0 aromatic heterocycles. The topological polar surface area (TPSA) is 58.2 Å². The summed E-state index contributed by atoms with van der Waals surface area (Å²) in [5, 5.41) is 5.63. The summed E-state index contributed by atoms with van der Waals surface area (Å²) < 4.78 is 0.673. The molecule has 0 fully saturated rings. The van der Waals surface area contributed by atoms with Gasteiger partial charge in [-0.2, -0.15) is 0 Å². The van der Waals surface area contributed by atoms with Gasteiger partial charge in [-0.05, 0) is 19.9 Å². The molecule has 0 aromatic rings. The molecular formula is C14H26ClN3O2. The predicted molar refractivity (Wildman–Crippen MR) is 77.2 cm³/mol. The Morgan fingerprint density at radius 2 is 1.85 bits per heavy atom. The Kier molecular flexibility index (Phi) is 11.0. The minimum absolute atomic E-state index is 0. The molecule has 0 saturated heterocycles. The lowest BCUT2D eigenvalue weighted by atomic mass is 10.3. The van der Waals surface area contributed by atoms with Crippen LogP contribution in [-0.4, -0.2) is 50.2 Å². The molecule has 0 aliphatic rings. The van der Waals surface area contributed by atoms with Gasteiger partial charge in [0.05, 0.1) is 20.6 Å².